The number of amides is 1. The molecule has 0 saturated heterocycles. The van der Waals surface area contributed by atoms with Gasteiger partial charge in [0.1, 0.15) is 11.5 Å². The number of carbonyl (C=O) groups excluding carboxylic acids is 1. The molecule has 1 N–H and O–H groups in total. The molecule has 8 heteroatoms. The monoisotopic (exact) mass is 359 g/mol. The molecule has 3 aromatic rings. The van der Waals surface area contributed by atoms with Crippen LogP contribution in [-0.2, 0) is 15.8 Å². The molecule has 1 aromatic carbocycles. The van der Waals surface area contributed by atoms with E-state index in [1.54, 1.807) is 30.3 Å². The van der Waals surface area contributed by atoms with Gasteiger partial charge >= 0.3 is 0 Å². The third kappa shape index (κ3) is 4.10. The van der Waals surface area contributed by atoms with Crippen molar-refractivity contribution in [3.8, 4) is 0 Å². The summed E-state index contributed by atoms with van der Waals surface area (Å²) in [5.41, 5.74) is 0.832. The molecule has 0 aliphatic heterocycles. The van der Waals surface area contributed by atoms with E-state index in [0.717, 1.165) is 16.1 Å². The molecule has 0 unspecified atom stereocenters. The number of benzene rings is 1. The zero-order valence-electron chi connectivity index (χ0n) is 13.0. The molecule has 0 radical (unpaired) electrons. The van der Waals surface area contributed by atoms with E-state index >= 15 is 0 Å². The second kappa shape index (κ2) is 6.86. The van der Waals surface area contributed by atoms with Crippen LogP contribution in [0.1, 0.15) is 16.1 Å². The van der Waals surface area contributed by atoms with Gasteiger partial charge in [0, 0.05) is 24.7 Å². The van der Waals surface area contributed by atoms with E-state index in [1.807, 2.05) is 0 Å². The lowest BCUT2D eigenvalue weighted by Gasteiger charge is -2.06. The summed E-state index contributed by atoms with van der Waals surface area (Å²) in [5.74, 6) is -1.37. The van der Waals surface area contributed by atoms with E-state index in [4.69, 9.17) is 0 Å². The Bertz CT molecular complexity index is 1000. The Hall–Kier alpha value is -3.00. The number of rotatable bonds is 5. The molecule has 0 saturated carbocycles. The van der Waals surface area contributed by atoms with Gasteiger partial charge < -0.3 is 5.32 Å². The van der Waals surface area contributed by atoms with Crippen molar-refractivity contribution in [1.29, 1.82) is 0 Å². The van der Waals surface area contributed by atoms with Crippen LogP contribution in [0.25, 0.3) is 0 Å². The third-order valence-corrected chi connectivity index (χ3v) is 4.96. The zero-order valence-corrected chi connectivity index (χ0v) is 13.8. The van der Waals surface area contributed by atoms with Gasteiger partial charge in [-0.3, -0.25) is 13.8 Å². The molecule has 0 aliphatic rings. The smallest absolute Gasteiger partial charge is 0.274 e. The Morgan fingerprint density at radius 1 is 1.16 bits per heavy atom. The molecule has 3 rings (SSSR count). The number of halogens is 1. The molecule has 0 spiro atoms. The number of hydrogen-bond donors (Lipinski definition) is 1. The van der Waals surface area contributed by atoms with E-state index in [2.05, 4.69) is 10.3 Å². The maximum absolute atomic E-state index is 13.1. The highest BCUT2D eigenvalue weighted by atomic mass is 32.2. The van der Waals surface area contributed by atoms with Crippen molar-refractivity contribution < 1.29 is 17.6 Å². The van der Waals surface area contributed by atoms with Gasteiger partial charge in [-0.15, -0.1) is 0 Å². The largest absolute Gasteiger partial charge is 0.319 e. The molecule has 6 nitrogen and oxygen atoms in total. The average molecular weight is 359 g/mol. The normalized spacial score (nSPS) is 11.2. The van der Waals surface area contributed by atoms with Crippen molar-refractivity contribution in [1.82, 2.24) is 8.96 Å². The quantitative estimate of drug-likeness (QED) is 0.759. The molecule has 2 aromatic heterocycles. The maximum Gasteiger partial charge on any atom is 0.274 e. The van der Waals surface area contributed by atoms with Crippen LogP contribution in [0, 0.1) is 5.82 Å². The standard InChI is InChI=1S/C17H14FN3O3S/c18-14-6-8-19-16(10-14)17(22)20-15-7-9-21(11-15)25(23,24)12-13-4-2-1-3-5-13/h1-11H,12H2,(H,20,22). The molecule has 0 fully saturated rings. The lowest BCUT2D eigenvalue weighted by atomic mass is 10.2. The lowest BCUT2D eigenvalue weighted by Crippen LogP contribution is -2.15. The molecule has 25 heavy (non-hydrogen) atoms. The predicted molar refractivity (Wildman–Crippen MR) is 91.0 cm³/mol. The van der Waals surface area contributed by atoms with Crippen molar-refractivity contribution in [2.75, 3.05) is 5.32 Å². The summed E-state index contributed by atoms with van der Waals surface area (Å²) in [4.78, 5) is 15.8. The topological polar surface area (TPSA) is 81.1 Å². The van der Waals surface area contributed by atoms with Crippen molar-refractivity contribution in [3.05, 3.63) is 84.2 Å². The van der Waals surface area contributed by atoms with Gasteiger partial charge in [0.05, 0.1) is 11.4 Å². The minimum Gasteiger partial charge on any atom is -0.319 e. The Morgan fingerprint density at radius 3 is 2.64 bits per heavy atom. The van der Waals surface area contributed by atoms with Crippen LogP contribution in [0.3, 0.4) is 0 Å². The summed E-state index contributed by atoms with van der Waals surface area (Å²) in [6.07, 6.45) is 3.81. The SMILES string of the molecule is O=C(Nc1ccn(S(=O)(=O)Cc2ccccc2)c1)c1cc(F)ccn1. The van der Waals surface area contributed by atoms with Gasteiger partial charge in [0.2, 0.25) is 10.0 Å². The highest BCUT2D eigenvalue weighted by molar-refractivity contribution is 7.89. The first-order valence-electron chi connectivity index (χ1n) is 7.32. The van der Waals surface area contributed by atoms with Crippen LogP contribution in [0.4, 0.5) is 10.1 Å². The fourth-order valence-corrected chi connectivity index (χ4v) is 3.49. The van der Waals surface area contributed by atoms with E-state index in [1.165, 1.54) is 24.7 Å². The van der Waals surface area contributed by atoms with Gasteiger partial charge in [0.15, 0.2) is 0 Å². The van der Waals surface area contributed by atoms with Crippen LogP contribution in [0.2, 0.25) is 0 Å². The van der Waals surface area contributed by atoms with Crippen molar-refractivity contribution in [2.45, 2.75) is 5.75 Å². The highest BCUT2D eigenvalue weighted by Crippen LogP contribution is 2.15. The molecule has 2 heterocycles. The molecule has 0 atom stereocenters. The van der Waals surface area contributed by atoms with Gasteiger partial charge in [-0.2, -0.15) is 0 Å². The third-order valence-electron chi connectivity index (χ3n) is 3.39. The van der Waals surface area contributed by atoms with Gasteiger partial charge in [-0.05, 0) is 17.7 Å². The second-order valence-electron chi connectivity index (χ2n) is 5.29. The van der Waals surface area contributed by atoms with Crippen LogP contribution in [0.15, 0.2) is 67.1 Å². The fraction of sp³-hybridized carbons (Fsp3) is 0.0588. The number of nitrogens with zero attached hydrogens (tertiary/aromatic N) is 2. The van der Waals surface area contributed by atoms with E-state index in [9.17, 15) is 17.6 Å². The lowest BCUT2D eigenvalue weighted by molar-refractivity contribution is 0.102. The number of hydrogen-bond acceptors (Lipinski definition) is 4. The average Bonchev–Trinajstić information content (AvgIpc) is 3.05. The summed E-state index contributed by atoms with van der Waals surface area (Å²) < 4.78 is 39.0. The molecule has 1 amide bonds. The number of nitrogens with one attached hydrogen (secondary N) is 1. The molecule has 0 bridgehead atoms. The summed E-state index contributed by atoms with van der Waals surface area (Å²) in [6, 6.07) is 12.3. The van der Waals surface area contributed by atoms with Gasteiger partial charge in [-0.25, -0.2) is 12.8 Å². The van der Waals surface area contributed by atoms with Gasteiger partial charge in [-0.1, -0.05) is 30.3 Å². The number of anilines is 1. The summed E-state index contributed by atoms with van der Waals surface area (Å²) in [5, 5.41) is 2.49. The van der Waals surface area contributed by atoms with Crippen LogP contribution in [-0.4, -0.2) is 23.3 Å². The maximum atomic E-state index is 13.1. The van der Waals surface area contributed by atoms with Crippen LogP contribution >= 0.6 is 0 Å². The minimum atomic E-state index is -3.61. The first kappa shape index (κ1) is 16.8. The molecule has 128 valence electrons. The number of aromatic nitrogens is 2. The predicted octanol–water partition coefficient (Wildman–Crippen LogP) is 2.65. The molecular formula is C17H14FN3O3S. The van der Waals surface area contributed by atoms with Gasteiger partial charge in [0.25, 0.3) is 5.91 Å². The zero-order chi connectivity index (χ0) is 17.9. The summed E-state index contributed by atoms with van der Waals surface area (Å²) in [7, 11) is -3.61. The van der Waals surface area contributed by atoms with E-state index in [0.29, 0.717) is 5.56 Å². The van der Waals surface area contributed by atoms with Crippen LogP contribution in [0.5, 0.6) is 0 Å². The highest BCUT2D eigenvalue weighted by Gasteiger charge is 2.16. The molecule has 0 aliphatic carbocycles. The fourth-order valence-electron chi connectivity index (χ4n) is 2.21. The number of carbonyl (C=O) groups is 1. The minimum absolute atomic E-state index is 0.0973. The Kier molecular flexibility index (Phi) is 4.62. The number of pyridine rings is 1. The second-order valence-corrected chi connectivity index (χ2v) is 7.16. The molecular weight excluding hydrogens is 345 g/mol. The van der Waals surface area contributed by atoms with E-state index < -0.39 is 21.7 Å². The Morgan fingerprint density at radius 2 is 1.92 bits per heavy atom. The van der Waals surface area contributed by atoms with Crippen LogP contribution < -0.4 is 5.32 Å². The first-order valence-corrected chi connectivity index (χ1v) is 8.93. The van der Waals surface area contributed by atoms with E-state index in [-0.39, 0.29) is 17.1 Å². The van der Waals surface area contributed by atoms with Crippen molar-refractivity contribution >= 4 is 21.6 Å². The summed E-state index contributed by atoms with van der Waals surface area (Å²) in [6.45, 7) is 0. The Balaban J connectivity index is 1.75. The summed E-state index contributed by atoms with van der Waals surface area (Å²) >= 11 is 0. The Labute approximate surface area is 144 Å². The van der Waals surface area contributed by atoms with Crippen molar-refractivity contribution in [2.24, 2.45) is 0 Å². The first-order chi connectivity index (χ1) is 11.9. The van der Waals surface area contributed by atoms with Crippen molar-refractivity contribution in [3.63, 3.8) is 0 Å².